The van der Waals surface area contributed by atoms with E-state index in [9.17, 15) is 13.2 Å². The third-order valence-electron chi connectivity index (χ3n) is 5.16. The minimum atomic E-state index is -2.93. The number of hydrogen-bond acceptors (Lipinski definition) is 6. The normalized spacial score (nSPS) is 27.6. The zero-order chi connectivity index (χ0) is 18.1. The lowest BCUT2D eigenvalue weighted by atomic mass is 9.95. The molecule has 0 aromatic heterocycles. The predicted molar refractivity (Wildman–Crippen MR) is 106 cm³/mol. The van der Waals surface area contributed by atoms with Gasteiger partial charge in [0.1, 0.15) is 0 Å². The third kappa shape index (κ3) is 4.06. The van der Waals surface area contributed by atoms with E-state index in [-0.39, 0.29) is 28.7 Å². The molecule has 0 unspecified atom stereocenters. The van der Waals surface area contributed by atoms with Crippen LogP contribution in [-0.4, -0.2) is 48.3 Å². The number of carbonyl (C=O) groups excluding carboxylic acids is 1. The van der Waals surface area contributed by atoms with E-state index in [1.165, 1.54) is 31.0 Å². The second-order valence-electron chi connectivity index (χ2n) is 7.25. The number of rotatable bonds is 3. The van der Waals surface area contributed by atoms with Gasteiger partial charge in [0.05, 0.1) is 17.5 Å². The van der Waals surface area contributed by atoms with Crippen molar-refractivity contribution in [3.63, 3.8) is 0 Å². The summed E-state index contributed by atoms with van der Waals surface area (Å²) in [6, 6.07) is 7.52. The van der Waals surface area contributed by atoms with E-state index in [4.69, 9.17) is 0 Å². The van der Waals surface area contributed by atoms with Crippen molar-refractivity contribution in [2.75, 3.05) is 16.8 Å². The molecule has 2 aliphatic heterocycles. The van der Waals surface area contributed by atoms with E-state index in [0.717, 1.165) is 23.7 Å². The van der Waals surface area contributed by atoms with Crippen molar-refractivity contribution in [2.45, 2.75) is 49.4 Å². The highest BCUT2D eigenvalue weighted by molar-refractivity contribution is 8.15. The number of carbonyl (C=O) groups is 1. The summed E-state index contributed by atoms with van der Waals surface area (Å²) in [4.78, 5) is 16.8. The monoisotopic (exact) mass is 393 g/mol. The van der Waals surface area contributed by atoms with Crippen molar-refractivity contribution in [1.82, 2.24) is 5.32 Å². The Balaban J connectivity index is 1.34. The van der Waals surface area contributed by atoms with Gasteiger partial charge in [-0.15, -0.1) is 0 Å². The molecule has 1 amide bonds. The first kappa shape index (κ1) is 17.9. The van der Waals surface area contributed by atoms with Gasteiger partial charge in [-0.2, -0.15) is 0 Å². The second kappa shape index (κ2) is 7.23. The van der Waals surface area contributed by atoms with Crippen LogP contribution in [-0.2, 0) is 9.84 Å². The van der Waals surface area contributed by atoms with Gasteiger partial charge in [0.15, 0.2) is 15.0 Å². The molecule has 140 valence electrons. The molecule has 1 saturated carbocycles. The smallest absolute Gasteiger partial charge is 0.251 e. The summed E-state index contributed by atoms with van der Waals surface area (Å²) in [5.41, 5.74) is 1.51. The number of aliphatic imine (C=N–C) groups is 1. The van der Waals surface area contributed by atoms with E-state index in [1.807, 2.05) is 24.3 Å². The van der Waals surface area contributed by atoms with Gasteiger partial charge in [-0.25, -0.2) is 8.42 Å². The summed E-state index contributed by atoms with van der Waals surface area (Å²) >= 11 is 1.49. The fourth-order valence-corrected chi connectivity index (χ4v) is 7.44. The van der Waals surface area contributed by atoms with Crippen LogP contribution in [0.1, 0.15) is 42.5 Å². The molecule has 2 heterocycles. The topological polar surface area (TPSA) is 87.6 Å². The highest BCUT2D eigenvalue weighted by Gasteiger charge is 2.42. The van der Waals surface area contributed by atoms with Gasteiger partial charge in [0, 0.05) is 22.5 Å². The summed E-state index contributed by atoms with van der Waals surface area (Å²) in [6.07, 6.45) is 5.79. The molecular formula is C18H23N3O3S2. The zero-order valence-electron chi connectivity index (χ0n) is 14.5. The summed E-state index contributed by atoms with van der Waals surface area (Å²) < 4.78 is 23.2. The number of anilines is 1. The lowest BCUT2D eigenvalue weighted by Gasteiger charge is -2.22. The van der Waals surface area contributed by atoms with Crippen LogP contribution in [0.5, 0.6) is 0 Å². The molecule has 0 bridgehead atoms. The summed E-state index contributed by atoms with van der Waals surface area (Å²) in [5, 5.41) is 7.14. The molecule has 3 aliphatic rings. The average Bonchev–Trinajstić information content (AvgIpc) is 3.09. The molecule has 4 rings (SSSR count). The molecule has 1 saturated heterocycles. The van der Waals surface area contributed by atoms with Crippen LogP contribution in [0.4, 0.5) is 5.69 Å². The Morgan fingerprint density at radius 2 is 1.81 bits per heavy atom. The van der Waals surface area contributed by atoms with Gasteiger partial charge >= 0.3 is 0 Å². The molecule has 6 nitrogen and oxygen atoms in total. The van der Waals surface area contributed by atoms with Crippen LogP contribution in [0.2, 0.25) is 0 Å². The molecule has 1 aromatic rings. The van der Waals surface area contributed by atoms with E-state index >= 15 is 0 Å². The van der Waals surface area contributed by atoms with Crippen LogP contribution < -0.4 is 10.6 Å². The lowest BCUT2D eigenvalue weighted by molar-refractivity contribution is 0.0927. The summed E-state index contributed by atoms with van der Waals surface area (Å²) in [7, 11) is -2.93. The molecule has 1 aromatic carbocycles. The Labute approximate surface area is 158 Å². The number of nitrogens with one attached hydrogen (secondary N) is 2. The highest BCUT2D eigenvalue weighted by atomic mass is 32.2. The van der Waals surface area contributed by atoms with Crippen molar-refractivity contribution in [2.24, 2.45) is 4.99 Å². The Morgan fingerprint density at radius 1 is 1.08 bits per heavy atom. The zero-order valence-corrected chi connectivity index (χ0v) is 16.1. The van der Waals surface area contributed by atoms with Crippen LogP contribution in [0.15, 0.2) is 29.3 Å². The van der Waals surface area contributed by atoms with Crippen LogP contribution in [0.25, 0.3) is 0 Å². The van der Waals surface area contributed by atoms with Crippen LogP contribution >= 0.6 is 11.8 Å². The maximum absolute atomic E-state index is 12.3. The van der Waals surface area contributed by atoms with Gasteiger partial charge in [-0.3, -0.25) is 9.79 Å². The minimum absolute atomic E-state index is 0.0178. The van der Waals surface area contributed by atoms with E-state index in [2.05, 4.69) is 15.6 Å². The summed E-state index contributed by atoms with van der Waals surface area (Å²) in [6.45, 7) is 0. The Hall–Kier alpha value is -1.54. The molecule has 0 radical (unpaired) electrons. The molecular weight excluding hydrogens is 370 g/mol. The molecule has 26 heavy (non-hydrogen) atoms. The van der Waals surface area contributed by atoms with E-state index in [0.29, 0.717) is 11.6 Å². The van der Waals surface area contributed by atoms with Gasteiger partial charge < -0.3 is 10.6 Å². The van der Waals surface area contributed by atoms with Crippen molar-refractivity contribution >= 4 is 38.4 Å². The standard InChI is InChI=1S/C18H23N3O3S2/c22-17(19-13-4-2-1-3-5-13)12-6-8-14(9-7-12)20-18-21-15-10-26(23,24)11-16(15)25-18/h6-9,13,15-16H,1-5,10-11H2,(H,19,22)(H,20,21)/t15-,16-/m1/s1. The fraction of sp³-hybridized carbons (Fsp3) is 0.556. The fourth-order valence-electron chi connectivity index (χ4n) is 3.76. The number of amides is 1. The molecule has 8 heteroatoms. The first-order valence-electron chi connectivity index (χ1n) is 9.11. The molecule has 0 spiro atoms. The third-order valence-corrected chi connectivity index (χ3v) is 8.30. The predicted octanol–water partition coefficient (Wildman–Crippen LogP) is 2.43. The molecule has 1 aliphatic carbocycles. The number of benzene rings is 1. The first-order chi connectivity index (χ1) is 12.5. The maximum atomic E-state index is 12.3. The summed E-state index contributed by atoms with van der Waals surface area (Å²) in [5.74, 6) is 0.337. The number of nitrogens with zero attached hydrogens (tertiary/aromatic N) is 1. The second-order valence-corrected chi connectivity index (χ2v) is 10.6. The maximum Gasteiger partial charge on any atom is 0.251 e. The van der Waals surface area contributed by atoms with E-state index in [1.54, 1.807) is 0 Å². The molecule has 2 atom stereocenters. The van der Waals surface area contributed by atoms with Crippen molar-refractivity contribution in [3.05, 3.63) is 29.8 Å². The van der Waals surface area contributed by atoms with Gasteiger partial charge in [0.25, 0.3) is 5.91 Å². The van der Waals surface area contributed by atoms with E-state index < -0.39 is 9.84 Å². The molecule has 2 fully saturated rings. The Kier molecular flexibility index (Phi) is 4.96. The number of sulfone groups is 1. The Bertz CT molecular complexity index is 815. The SMILES string of the molecule is O=C(NC1CCCCC1)c1ccc(NC2=N[C@@H]3CS(=O)(=O)C[C@H]3S2)cc1. The van der Waals surface area contributed by atoms with Gasteiger partial charge in [0.2, 0.25) is 0 Å². The average molecular weight is 394 g/mol. The quantitative estimate of drug-likeness (QED) is 0.823. The minimum Gasteiger partial charge on any atom is -0.349 e. The molecule has 2 N–H and O–H groups in total. The van der Waals surface area contributed by atoms with Gasteiger partial charge in [-0.1, -0.05) is 31.0 Å². The van der Waals surface area contributed by atoms with Crippen molar-refractivity contribution in [3.8, 4) is 0 Å². The van der Waals surface area contributed by atoms with Crippen molar-refractivity contribution < 1.29 is 13.2 Å². The van der Waals surface area contributed by atoms with Crippen LogP contribution in [0.3, 0.4) is 0 Å². The lowest BCUT2D eigenvalue weighted by Crippen LogP contribution is -2.36. The number of thioether (sulfide) groups is 1. The number of fused-ring (bicyclic) bond motifs is 1. The number of amidine groups is 1. The number of hydrogen-bond donors (Lipinski definition) is 2. The first-order valence-corrected chi connectivity index (χ1v) is 11.8. The largest absolute Gasteiger partial charge is 0.349 e. The van der Waals surface area contributed by atoms with Crippen molar-refractivity contribution in [1.29, 1.82) is 0 Å². The van der Waals surface area contributed by atoms with Crippen LogP contribution in [0, 0.1) is 0 Å². The van der Waals surface area contributed by atoms with Gasteiger partial charge in [-0.05, 0) is 37.1 Å². The Morgan fingerprint density at radius 3 is 2.50 bits per heavy atom. The highest BCUT2D eigenvalue weighted by Crippen LogP contribution is 2.34.